The van der Waals surface area contributed by atoms with Crippen molar-refractivity contribution in [2.75, 3.05) is 9.80 Å². The minimum absolute atomic E-state index is 0.0535. The summed E-state index contributed by atoms with van der Waals surface area (Å²) in [5, 5.41) is 6.55. The zero-order valence-corrected chi connectivity index (χ0v) is 60.0. The van der Waals surface area contributed by atoms with Crippen LogP contribution in [0.3, 0.4) is 0 Å². The molecule has 0 saturated heterocycles. The van der Waals surface area contributed by atoms with E-state index >= 15 is 0 Å². The van der Waals surface area contributed by atoms with Crippen molar-refractivity contribution in [3.8, 4) is 55.9 Å². The van der Waals surface area contributed by atoms with Crippen molar-refractivity contribution >= 4 is 98.5 Å². The molecule has 5 heterocycles. The molecule has 0 N–H and O–H groups in total. The van der Waals surface area contributed by atoms with E-state index in [1.54, 1.807) is 0 Å². The van der Waals surface area contributed by atoms with Crippen LogP contribution >= 0.6 is 11.3 Å². The van der Waals surface area contributed by atoms with E-state index < -0.39 is 0 Å². The van der Waals surface area contributed by atoms with Crippen LogP contribution in [-0.4, -0.2) is 9.13 Å². The third-order valence-corrected chi connectivity index (χ3v) is 24.9. The summed E-state index contributed by atoms with van der Waals surface area (Å²) >= 11 is 1.88. The Kier molecular flexibility index (Phi) is 13.3. The van der Waals surface area contributed by atoms with E-state index in [0.717, 1.165) is 0 Å². The highest BCUT2D eigenvalue weighted by Gasteiger charge is 2.42. The molecule has 0 fully saturated rings. The molecule has 14 aromatic carbocycles. The second-order valence-electron chi connectivity index (χ2n) is 30.8. The van der Waals surface area contributed by atoms with E-state index in [1.165, 1.54) is 188 Å². The Morgan fingerprint density at radius 3 is 1.32 bits per heavy atom. The van der Waals surface area contributed by atoms with Crippen molar-refractivity contribution in [1.29, 1.82) is 0 Å². The average Bonchev–Trinajstić information content (AvgIpc) is 1.71. The largest absolute Gasteiger partial charge is 0.310 e. The van der Waals surface area contributed by atoms with E-state index in [-0.39, 0.29) is 21.7 Å². The lowest BCUT2D eigenvalue weighted by molar-refractivity contribution is 0.631. The molecule has 0 atom stereocenters. The first-order chi connectivity index (χ1) is 50.1. The first-order valence-electron chi connectivity index (χ1n) is 36.3. The maximum absolute atomic E-state index is 2.50. The van der Waals surface area contributed by atoms with Gasteiger partial charge in [0, 0.05) is 76.0 Å². The molecule has 21 rings (SSSR count). The van der Waals surface area contributed by atoms with E-state index in [0.29, 0.717) is 0 Å². The fourth-order valence-corrected chi connectivity index (χ4v) is 19.7. The third-order valence-electron chi connectivity index (χ3n) is 23.8. The lowest BCUT2D eigenvalue weighted by Crippen LogP contribution is -2.30. The molecule has 494 valence electrons. The average molecular weight is 1340 g/mol. The number of nitrogens with zero attached hydrogens (tertiary/aromatic N) is 4. The number of fused-ring (bicyclic) bond motifs is 18. The SMILES string of the molecule is CC1(C)c2ccccc2-c2cc3c4ccccc4n(-c4ccc(-c5ccc6c(c5)C(C)(C)c5ccccc5N6c5ccccc5)cc4)c3cc21.CC1(C)c2ccccc2-c2ccc(N3c4ccccc4C(C)(C)c4cc(-c5ccc6c(c5)c5c7ccccc7sc5n6-c5ccccc5)ccc43)cc21. The fraction of sp³-hybridized carbons (Fsp3) is 0.122. The highest BCUT2D eigenvalue weighted by atomic mass is 32.1. The quantitative estimate of drug-likeness (QED) is 0.165. The van der Waals surface area contributed by atoms with Crippen LogP contribution in [0.15, 0.2) is 315 Å². The molecule has 0 unspecified atom stereocenters. The molecule has 103 heavy (non-hydrogen) atoms. The van der Waals surface area contributed by atoms with Crippen LogP contribution in [0.4, 0.5) is 34.1 Å². The Morgan fingerprint density at radius 1 is 0.233 bits per heavy atom. The van der Waals surface area contributed by atoms with Crippen LogP contribution in [0, 0.1) is 0 Å². The van der Waals surface area contributed by atoms with Gasteiger partial charge in [-0.25, -0.2) is 0 Å². The molecular weight excluding hydrogens is 1270 g/mol. The summed E-state index contributed by atoms with van der Waals surface area (Å²) in [6.07, 6.45) is 0. The summed E-state index contributed by atoms with van der Waals surface area (Å²) < 4.78 is 6.22. The third kappa shape index (κ3) is 8.95. The van der Waals surface area contributed by atoms with Crippen molar-refractivity contribution in [2.24, 2.45) is 0 Å². The minimum atomic E-state index is -0.192. The number of thiophene rings is 1. The van der Waals surface area contributed by atoms with Gasteiger partial charge in [-0.1, -0.05) is 250 Å². The van der Waals surface area contributed by atoms with Crippen LogP contribution in [0.2, 0.25) is 0 Å². The van der Waals surface area contributed by atoms with E-state index in [2.05, 4.69) is 390 Å². The Balaban J connectivity index is 0.000000138. The number of hydrogen-bond acceptors (Lipinski definition) is 3. The molecule has 0 bridgehead atoms. The number of rotatable bonds is 6. The monoisotopic (exact) mass is 1340 g/mol. The number of hydrogen-bond donors (Lipinski definition) is 0. The summed E-state index contributed by atoms with van der Waals surface area (Å²) in [7, 11) is 0. The normalized spacial score (nSPS) is 15.1. The van der Waals surface area contributed by atoms with Gasteiger partial charge in [-0.05, 0) is 210 Å². The molecule has 2 aliphatic carbocycles. The second-order valence-corrected chi connectivity index (χ2v) is 31.9. The van der Waals surface area contributed by atoms with Crippen molar-refractivity contribution < 1.29 is 0 Å². The van der Waals surface area contributed by atoms with Crippen molar-refractivity contribution in [3.63, 3.8) is 0 Å². The van der Waals surface area contributed by atoms with Gasteiger partial charge in [0.05, 0.1) is 39.3 Å². The van der Waals surface area contributed by atoms with E-state index in [9.17, 15) is 0 Å². The van der Waals surface area contributed by atoms with Gasteiger partial charge in [-0.15, -0.1) is 11.3 Å². The van der Waals surface area contributed by atoms with Crippen LogP contribution in [0.1, 0.15) is 99.9 Å². The van der Waals surface area contributed by atoms with Crippen LogP contribution in [0.5, 0.6) is 0 Å². The maximum atomic E-state index is 2.50. The van der Waals surface area contributed by atoms with E-state index in [1.807, 2.05) is 11.3 Å². The first-order valence-corrected chi connectivity index (χ1v) is 37.1. The molecular formula is C98H76N4S. The van der Waals surface area contributed by atoms with E-state index in [4.69, 9.17) is 0 Å². The first kappa shape index (κ1) is 61.1. The van der Waals surface area contributed by atoms with Gasteiger partial charge < -0.3 is 18.9 Å². The smallest absolute Gasteiger partial charge is 0.109 e. The lowest BCUT2D eigenvalue weighted by atomic mass is 9.72. The Morgan fingerprint density at radius 2 is 0.670 bits per heavy atom. The topological polar surface area (TPSA) is 16.3 Å². The van der Waals surface area contributed by atoms with Crippen molar-refractivity contribution in [3.05, 3.63) is 360 Å². The zero-order chi connectivity index (χ0) is 69.4. The minimum Gasteiger partial charge on any atom is -0.310 e. The molecule has 0 spiro atoms. The summed E-state index contributed by atoms with van der Waals surface area (Å²) in [6.45, 7) is 19.0. The fourth-order valence-electron chi connectivity index (χ4n) is 18.5. The van der Waals surface area contributed by atoms with Crippen LogP contribution < -0.4 is 9.80 Å². The second kappa shape index (κ2) is 22.4. The highest BCUT2D eigenvalue weighted by Crippen LogP contribution is 2.58. The predicted molar refractivity (Wildman–Crippen MR) is 437 cm³/mol. The number of anilines is 6. The zero-order valence-electron chi connectivity index (χ0n) is 59.2. The summed E-state index contributed by atoms with van der Waals surface area (Å²) in [6, 6.07) is 117. The summed E-state index contributed by atoms with van der Waals surface area (Å²) in [4.78, 5) is 6.22. The highest BCUT2D eigenvalue weighted by molar-refractivity contribution is 7.25. The van der Waals surface area contributed by atoms with Crippen molar-refractivity contribution in [2.45, 2.75) is 77.0 Å². The standard InChI is InChI=1S/C50H38N2S.C48H38N2/c1-49(2)39-18-10-8-16-35(39)36-25-24-34(30-41(36)49)51-44-20-12-11-19-40(44)50(3,4)42-29-32(23-27-45(42)51)31-22-26-43-38(28-31)47-37-17-9-13-21-46(37)53-48(47)52(43)33-14-6-5-7-15-33;1-47(2)39-18-10-8-16-35(39)37-29-38-36-17-9-12-20-43(36)49(46(38)30-41(37)47)34-25-22-31(23-26-34)32-24-27-45-42(28-32)48(3,4)40-19-11-13-21-44(40)50(45)33-14-6-5-7-15-33/h5-30H,1-4H3;5-30H,1-4H3. The number of benzene rings is 14. The molecule has 4 aliphatic rings. The Bertz CT molecular complexity index is 6370. The molecule has 2 aliphatic heterocycles. The molecule has 5 heteroatoms. The molecule has 4 nitrogen and oxygen atoms in total. The summed E-state index contributed by atoms with van der Waals surface area (Å²) in [5.74, 6) is 0. The molecule has 0 saturated carbocycles. The van der Waals surface area contributed by atoms with Gasteiger partial charge in [0.15, 0.2) is 0 Å². The van der Waals surface area contributed by atoms with Crippen molar-refractivity contribution in [1.82, 2.24) is 9.13 Å². The molecule has 17 aromatic rings. The lowest BCUT2D eigenvalue weighted by Gasteiger charge is -2.42. The molecule has 0 amide bonds. The Labute approximate surface area is 606 Å². The maximum Gasteiger partial charge on any atom is 0.109 e. The number of aromatic nitrogens is 2. The Hall–Kier alpha value is -11.8. The van der Waals surface area contributed by atoms with Gasteiger partial charge in [0.25, 0.3) is 0 Å². The van der Waals surface area contributed by atoms with Gasteiger partial charge in [0.2, 0.25) is 0 Å². The van der Waals surface area contributed by atoms with Gasteiger partial charge in [-0.3, -0.25) is 0 Å². The number of para-hydroxylation sites is 5. The van der Waals surface area contributed by atoms with Gasteiger partial charge in [0.1, 0.15) is 4.83 Å². The summed E-state index contributed by atoms with van der Waals surface area (Å²) in [5.41, 5.74) is 34.3. The van der Waals surface area contributed by atoms with Gasteiger partial charge in [-0.2, -0.15) is 0 Å². The van der Waals surface area contributed by atoms with Crippen LogP contribution in [0.25, 0.3) is 109 Å². The van der Waals surface area contributed by atoms with Crippen LogP contribution in [-0.2, 0) is 21.7 Å². The molecule has 0 radical (unpaired) electrons. The van der Waals surface area contributed by atoms with Gasteiger partial charge >= 0.3 is 0 Å². The predicted octanol–water partition coefficient (Wildman–Crippen LogP) is 26.9. The molecule has 3 aromatic heterocycles.